The molecule has 3 N–H and O–H groups in total. The molecule has 2 aromatic carbocycles. The Morgan fingerprint density at radius 2 is 1.95 bits per heavy atom. The quantitative estimate of drug-likeness (QED) is 0.641. The summed E-state index contributed by atoms with van der Waals surface area (Å²) in [7, 11) is 0. The molecule has 0 saturated heterocycles. The lowest BCUT2D eigenvalue weighted by Crippen LogP contribution is -1.96. The normalized spacial score (nSPS) is 10.9. The van der Waals surface area contributed by atoms with E-state index in [1.54, 1.807) is 11.3 Å². The number of halogens is 1. The van der Waals surface area contributed by atoms with E-state index in [-0.39, 0.29) is 0 Å². The van der Waals surface area contributed by atoms with Crippen LogP contribution in [0.15, 0.2) is 34.8 Å². The van der Waals surface area contributed by atoms with E-state index in [0.717, 1.165) is 36.8 Å². The van der Waals surface area contributed by atoms with E-state index in [9.17, 15) is 0 Å². The van der Waals surface area contributed by atoms with Crippen molar-refractivity contribution < 1.29 is 0 Å². The van der Waals surface area contributed by atoms with Gasteiger partial charge in [0.25, 0.3) is 0 Å². The molecular weight excluding hydrogens is 334 g/mol. The Morgan fingerprint density at radius 1 is 1.15 bits per heavy atom. The minimum absolute atomic E-state index is 0.735. The van der Waals surface area contributed by atoms with Crippen molar-refractivity contribution in [2.45, 2.75) is 13.8 Å². The number of aryl methyl sites for hydroxylation is 2. The molecule has 1 aromatic heterocycles. The summed E-state index contributed by atoms with van der Waals surface area (Å²) in [6.07, 6.45) is 0. The molecule has 0 spiro atoms. The van der Waals surface area contributed by atoms with Gasteiger partial charge in [-0.05, 0) is 49.7 Å². The fourth-order valence-electron chi connectivity index (χ4n) is 2.18. The van der Waals surface area contributed by atoms with Gasteiger partial charge in [0.15, 0.2) is 0 Å². The first kappa shape index (κ1) is 13.4. The zero-order valence-corrected chi connectivity index (χ0v) is 13.6. The van der Waals surface area contributed by atoms with Gasteiger partial charge in [0.05, 0.1) is 26.6 Å². The molecule has 20 heavy (non-hydrogen) atoms. The second kappa shape index (κ2) is 5.07. The van der Waals surface area contributed by atoms with Gasteiger partial charge in [0.2, 0.25) is 0 Å². The highest BCUT2D eigenvalue weighted by molar-refractivity contribution is 9.10. The summed E-state index contributed by atoms with van der Waals surface area (Å²) in [5.41, 5.74) is 10.9. The number of nitrogen functional groups attached to an aromatic ring is 1. The number of anilines is 3. The average Bonchev–Trinajstić information content (AvgIpc) is 2.67. The average molecular weight is 348 g/mol. The lowest BCUT2D eigenvalue weighted by Gasteiger charge is -2.10. The monoisotopic (exact) mass is 347 g/mol. The lowest BCUT2D eigenvalue weighted by molar-refractivity contribution is 1.35. The first-order chi connectivity index (χ1) is 9.51. The maximum Gasteiger partial charge on any atom is 0.0907 e. The molecule has 0 atom stereocenters. The van der Waals surface area contributed by atoms with Gasteiger partial charge >= 0.3 is 0 Å². The highest BCUT2D eigenvalue weighted by Gasteiger charge is 2.07. The van der Waals surface area contributed by atoms with Crippen molar-refractivity contribution in [1.82, 2.24) is 4.98 Å². The van der Waals surface area contributed by atoms with Crippen LogP contribution in [0.4, 0.5) is 17.1 Å². The fraction of sp³-hybridized carbons (Fsp3) is 0.133. The maximum atomic E-state index is 6.12. The van der Waals surface area contributed by atoms with Crippen molar-refractivity contribution in [3.05, 3.63) is 45.4 Å². The van der Waals surface area contributed by atoms with Crippen molar-refractivity contribution in [3.8, 4) is 0 Å². The van der Waals surface area contributed by atoms with Gasteiger partial charge in [-0.25, -0.2) is 4.98 Å². The highest BCUT2D eigenvalue weighted by Crippen LogP contribution is 2.32. The maximum absolute atomic E-state index is 6.12. The fourth-order valence-corrected chi connectivity index (χ4v) is 3.64. The number of hydrogen-bond donors (Lipinski definition) is 2. The Hall–Kier alpha value is -1.59. The van der Waals surface area contributed by atoms with Crippen LogP contribution in [0.25, 0.3) is 10.2 Å². The Morgan fingerprint density at radius 3 is 2.70 bits per heavy atom. The van der Waals surface area contributed by atoms with Crippen molar-refractivity contribution in [2.24, 2.45) is 0 Å². The van der Waals surface area contributed by atoms with Gasteiger partial charge in [0.1, 0.15) is 0 Å². The summed E-state index contributed by atoms with van der Waals surface area (Å²) in [6.45, 7) is 4.07. The van der Waals surface area contributed by atoms with Crippen LogP contribution >= 0.6 is 27.3 Å². The first-order valence-corrected chi connectivity index (χ1v) is 7.83. The zero-order valence-electron chi connectivity index (χ0n) is 11.2. The number of nitrogens with zero attached hydrogens (tertiary/aromatic N) is 1. The molecule has 5 heteroatoms. The second-order valence-corrected chi connectivity index (χ2v) is 6.93. The first-order valence-electron chi connectivity index (χ1n) is 6.22. The molecule has 0 unspecified atom stereocenters. The number of fused-ring (bicyclic) bond motifs is 1. The van der Waals surface area contributed by atoms with Crippen molar-refractivity contribution >= 4 is 54.5 Å². The van der Waals surface area contributed by atoms with Crippen LogP contribution in [0.1, 0.15) is 10.6 Å². The van der Waals surface area contributed by atoms with Crippen LogP contribution in [0.2, 0.25) is 0 Å². The molecule has 102 valence electrons. The minimum atomic E-state index is 0.735. The lowest BCUT2D eigenvalue weighted by atomic mass is 10.2. The van der Waals surface area contributed by atoms with Gasteiger partial charge in [0, 0.05) is 10.2 Å². The Kier molecular flexibility index (Phi) is 3.40. The zero-order chi connectivity index (χ0) is 14.3. The van der Waals surface area contributed by atoms with Crippen LogP contribution < -0.4 is 11.1 Å². The van der Waals surface area contributed by atoms with E-state index in [1.165, 1.54) is 5.56 Å². The Labute approximate surface area is 130 Å². The molecule has 0 aliphatic carbocycles. The summed E-state index contributed by atoms with van der Waals surface area (Å²) >= 11 is 5.17. The molecule has 0 amide bonds. The summed E-state index contributed by atoms with van der Waals surface area (Å²) in [5, 5.41) is 4.42. The molecule has 0 fully saturated rings. The molecule has 0 saturated carbocycles. The van der Waals surface area contributed by atoms with Crippen molar-refractivity contribution in [1.29, 1.82) is 0 Å². The molecular formula is C15H14BrN3S. The number of rotatable bonds is 2. The van der Waals surface area contributed by atoms with E-state index >= 15 is 0 Å². The molecule has 0 bridgehead atoms. The third kappa shape index (κ3) is 2.64. The molecule has 3 nitrogen and oxygen atoms in total. The van der Waals surface area contributed by atoms with Gasteiger partial charge in [-0.15, -0.1) is 11.3 Å². The highest BCUT2D eigenvalue weighted by atomic mass is 79.9. The summed E-state index contributed by atoms with van der Waals surface area (Å²) < 4.78 is 2.17. The second-order valence-electron chi connectivity index (χ2n) is 4.78. The summed E-state index contributed by atoms with van der Waals surface area (Å²) in [5.74, 6) is 0. The number of nitrogens with two attached hydrogens (primary N) is 1. The smallest absolute Gasteiger partial charge is 0.0907 e. The van der Waals surface area contributed by atoms with Crippen LogP contribution in [-0.2, 0) is 0 Å². The van der Waals surface area contributed by atoms with Crippen LogP contribution in [-0.4, -0.2) is 4.98 Å². The van der Waals surface area contributed by atoms with Crippen LogP contribution in [0, 0.1) is 13.8 Å². The van der Waals surface area contributed by atoms with Gasteiger partial charge < -0.3 is 11.1 Å². The number of thiazole rings is 1. The number of nitrogens with one attached hydrogen (secondary N) is 1. The van der Waals surface area contributed by atoms with E-state index in [4.69, 9.17) is 5.73 Å². The molecule has 3 rings (SSSR count). The SMILES string of the molecule is Cc1cc(Br)cc(Nc2cc3nc(C)sc3cc2N)c1. The summed E-state index contributed by atoms with van der Waals surface area (Å²) in [6, 6.07) is 10.2. The third-order valence-electron chi connectivity index (χ3n) is 2.99. The minimum Gasteiger partial charge on any atom is -0.397 e. The number of hydrogen-bond acceptors (Lipinski definition) is 4. The van der Waals surface area contributed by atoms with E-state index in [2.05, 4.69) is 45.3 Å². The van der Waals surface area contributed by atoms with Crippen molar-refractivity contribution in [3.63, 3.8) is 0 Å². The Balaban J connectivity index is 2.03. The number of aromatic nitrogens is 1. The standard InChI is InChI=1S/C15H14BrN3S/c1-8-3-10(16)5-11(4-8)19-13-7-14-15(6-12(13)17)20-9(2)18-14/h3-7,19H,17H2,1-2H3. The van der Waals surface area contributed by atoms with E-state index < -0.39 is 0 Å². The molecule has 0 aliphatic heterocycles. The molecule has 0 radical (unpaired) electrons. The molecule has 1 heterocycles. The topological polar surface area (TPSA) is 50.9 Å². The van der Waals surface area contributed by atoms with E-state index in [1.807, 2.05) is 25.1 Å². The van der Waals surface area contributed by atoms with E-state index in [0.29, 0.717) is 0 Å². The van der Waals surface area contributed by atoms with Gasteiger partial charge in [-0.1, -0.05) is 15.9 Å². The third-order valence-corrected chi connectivity index (χ3v) is 4.38. The van der Waals surface area contributed by atoms with Gasteiger partial charge in [-0.2, -0.15) is 0 Å². The van der Waals surface area contributed by atoms with Crippen LogP contribution in [0.5, 0.6) is 0 Å². The van der Waals surface area contributed by atoms with Gasteiger partial charge in [-0.3, -0.25) is 0 Å². The molecule has 0 aliphatic rings. The Bertz CT molecular complexity index is 775. The largest absolute Gasteiger partial charge is 0.397 e. The predicted molar refractivity (Wildman–Crippen MR) is 90.9 cm³/mol. The number of benzene rings is 2. The molecule has 3 aromatic rings. The van der Waals surface area contributed by atoms with Crippen molar-refractivity contribution in [2.75, 3.05) is 11.1 Å². The summed E-state index contributed by atoms with van der Waals surface area (Å²) in [4.78, 5) is 4.51. The van der Waals surface area contributed by atoms with Crippen LogP contribution in [0.3, 0.4) is 0 Å². The predicted octanol–water partition coefficient (Wildman–Crippen LogP) is 5.00.